The second-order valence-corrected chi connectivity index (χ2v) is 4.89. The fourth-order valence-electron chi connectivity index (χ4n) is 2.43. The Morgan fingerprint density at radius 1 is 1.31 bits per heavy atom. The number of nitrogens with one attached hydrogen (secondary N) is 1. The van der Waals surface area contributed by atoms with Crippen LogP contribution < -0.4 is 11.1 Å². The molecular formula is C13H18N2O. The monoisotopic (exact) mass is 218 g/mol. The molecule has 16 heavy (non-hydrogen) atoms. The number of nitrogen functional groups attached to an aromatic ring is 1. The van der Waals surface area contributed by atoms with Crippen molar-refractivity contribution in [1.29, 1.82) is 0 Å². The zero-order valence-electron chi connectivity index (χ0n) is 9.79. The topological polar surface area (TPSA) is 55.1 Å². The third kappa shape index (κ3) is 1.66. The lowest BCUT2D eigenvalue weighted by Gasteiger charge is -2.32. The standard InChI is InChI=1S/C13H18N2O/c1-9(2)13(7-12(16)15-8-13)10-3-5-11(14)6-4-10/h3-6,9H,7-8,14H2,1-2H3,(H,15,16). The Morgan fingerprint density at radius 2 is 1.94 bits per heavy atom. The van der Waals surface area contributed by atoms with Crippen LogP contribution in [0.2, 0.25) is 0 Å². The molecule has 0 aliphatic carbocycles. The molecule has 1 aromatic rings. The lowest BCUT2D eigenvalue weighted by Crippen LogP contribution is -2.34. The summed E-state index contributed by atoms with van der Waals surface area (Å²) in [7, 11) is 0. The van der Waals surface area contributed by atoms with E-state index < -0.39 is 0 Å². The van der Waals surface area contributed by atoms with Crippen molar-refractivity contribution in [2.24, 2.45) is 5.92 Å². The van der Waals surface area contributed by atoms with Crippen molar-refractivity contribution in [3.05, 3.63) is 29.8 Å². The molecule has 0 saturated carbocycles. The van der Waals surface area contributed by atoms with E-state index in [4.69, 9.17) is 5.73 Å². The van der Waals surface area contributed by atoms with Gasteiger partial charge in [0, 0.05) is 24.1 Å². The van der Waals surface area contributed by atoms with Crippen LogP contribution in [0.1, 0.15) is 25.8 Å². The highest BCUT2D eigenvalue weighted by molar-refractivity contribution is 5.80. The van der Waals surface area contributed by atoms with Crippen molar-refractivity contribution in [3.8, 4) is 0 Å². The molecule has 1 fully saturated rings. The fraction of sp³-hybridized carbons (Fsp3) is 0.462. The Kier molecular flexibility index (Phi) is 2.62. The van der Waals surface area contributed by atoms with Crippen LogP contribution in [0.15, 0.2) is 24.3 Å². The van der Waals surface area contributed by atoms with E-state index in [1.807, 2.05) is 24.3 Å². The maximum absolute atomic E-state index is 11.5. The molecule has 0 bridgehead atoms. The van der Waals surface area contributed by atoms with Crippen LogP contribution in [0.5, 0.6) is 0 Å². The second-order valence-electron chi connectivity index (χ2n) is 4.89. The lowest BCUT2D eigenvalue weighted by atomic mass is 9.71. The highest BCUT2D eigenvalue weighted by Gasteiger charge is 2.42. The normalized spacial score (nSPS) is 24.8. The minimum Gasteiger partial charge on any atom is -0.399 e. The summed E-state index contributed by atoms with van der Waals surface area (Å²) in [4.78, 5) is 11.5. The number of anilines is 1. The number of amides is 1. The third-order valence-electron chi connectivity index (χ3n) is 3.67. The fourth-order valence-corrected chi connectivity index (χ4v) is 2.43. The molecule has 1 atom stereocenters. The Hall–Kier alpha value is -1.51. The molecule has 0 radical (unpaired) electrons. The molecule has 1 aliphatic heterocycles. The van der Waals surface area contributed by atoms with Crippen molar-refractivity contribution < 1.29 is 4.79 Å². The molecule has 0 spiro atoms. The Morgan fingerprint density at radius 3 is 2.38 bits per heavy atom. The number of nitrogens with two attached hydrogens (primary N) is 1. The number of carbonyl (C=O) groups is 1. The zero-order chi connectivity index (χ0) is 11.8. The molecule has 1 saturated heterocycles. The van der Waals surface area contributed by atoms with Gasteiger partial charge < -0.3 is 11.1 Å². The average molecular weight is 218 g/mol. The molecule has 1 unspecified atom stereocenters. The first-order valence-electron chi connectivity index (χ1n) is 5.67. The predicted molar refractivity (Wildman–Crippen MR) is 65.0 cm³/mol. The van der Waals surface area contributed by atoms with Crippen LogP contribution >= 0.6 is 0 Å². The van der Waals surface area contributed by atoms with Crippen molar-refractivity contribution in [2.75, 3.05) is 12.3 Å². The van der Waals surface area contributed by atoms with Crippen molar-refractivity contribution in [1.82, 2.24) is 5.32 Å². The van der Waals surface area contributed by atoms with E-state index >= 15 is 0 Å². The Labute approximate surface area is 96.0 Å². The van der Waals surface area contributed by atoms with Gasteiger partial charge in [-0.2, -0.15) is 0 Å². The maximum Gasteiger partial charge on any atom is 0.221 e. The number of hydrogen-bond acceptors (Lipinski definition) is 2. The largest absolute Gasteiger partial charge is 0.399 e. The molecule has 1 aromatic carbocycles. The molecule has 3 nitrogen and oxygen atoms in total. The van der Waals surface area contributed by atoms with Gasteiger partial charge in [0.1, 0.15) is 0 Å². The van der Waals surface area contributed by atoms with Crippen LogP contribution in [-0.4, -0.2) is 12.5 Å². The van der Waals surface area contributed by atoms with Gasteiger partial charge in [0.05, 0.1) is 0 Å². The van der Waals surface area contributed by atoms with E-state index in [1.165, 1.54) is 5.56 Å². The summed E-state index contributed by atoms with van der Waals surface area (Å²) in [6.45, 7) is 5.06. The molecule has 3 N–H and O–H groups in total. The zero-order valence-corrected chi connectivity index (χ0v) is 9.79. The van der Waals surface area contributed by atoms with E-state index in [1.54, 1.807) is 0 Å². The molecule has 1 amide bonds. The highest BCUT2D eigenvalue weighted by atomic mass is 16.1. The quantitative estimate of drug-likeness (QED) is 0.742. The van der Waals surface area contributed by atoms with Gasteiger partial charge in [0.15, 0.2) is 0 Å². The number of benzene rings is 1. The molecular weight excluding hydrogens is 200 g/mol. The van der Waals surface area contributed by atoms with Gasteiger partial charge >= 0.3 is 0 Å². The van der Waals surface area contributed by atoms with Gasteiger partial charge in [0.25, 0.3) is 0 Å². The molecule has 1 heterocycles. The van der Waals surface area contributed by atoms with Crippen LogP contribution in [-0.2, 0) is 10.2 Å². The Bertz CT molecular complexity index is 397. The first-order chi connectivity index (χ1) is 7.54. The van der Waals surface area contributed by atoms with Crippen molar-refractivity contribution in [3.63, 3.8) is 0 Å². The van der Waals surface area contributed by atoms with E-state index in [0.717, 1.165) is 12.2 Å². The first-order valence-corrected chi connectivity index (χ1v) is 5.67. The van der Waals surface area contributed by atoms with Gasteiger partial charge in [-0.25, -0.2) is 0 Å². The van der Waals surface area contributed by atoms with Gasteiger partial charge in [0.2, 0.25) is 5.91 Å². The van der Waals surface area contributed by atoms with E-state index in [9.17, 15) is 4.79 Å². The summed E-state index contributed by atoms with van der Waals surface area (Å²) in [5.41, 5.74) is 7.59. The number of hydrogen-bond donors (Lipinski definition) is 2. The summed E-state index contributed by atoms with van der Waals surface area (Å²) in [5.74, 6) is 0.570. The van der Waals surface area contributed by atoms with Gasteiger partial charge in [-0.3, -0.25) is 4.79 Å². The van der Waals surface area contributed by atoms with Crippen LogP contribution in [0, 0.1) is 5.92 Å². The smallest absolute Gasteiger partial charge is 0.221 e. The summed E-state index contributed by atoms with van der Waals surface area (Å²) in [6.07, 6.45) is 0.578. The summed E-state index contributed by atoms with van der Waals surface area (Å²) in [5, 5.41) is 2.93. The highest BCUT2D eigenvalue weighted by Crippen LogP contribution is 2.38. The first kappa shape index (κ1) is 11.0. The van der Waals surface area contributed by atoms with Gasteiger partial charge in [-0.15, -0.1) is 0 Å². The predicted octanol–water partition coefficient (Wildman–Crippen LogP) is 1.68. The number of rotatable bonds is 2. The van der Waals surface area contributed by atoms with Crippen LogP contribution in [0.25, 0.3) is 0 Å². The SMILES string of the molecule is CC(C)C1(c2ccc(N)cc2)CNC(=O)C1. The molecule has 3 heteroatoms. The third-order valence-corrected chi connectivity index (χ3v) is 3.67. The summed E-state index contributed by atoms with van der Waals surface area (Å²) in [6, 6.07) is 7.88. The van der Waals surface area contributed by atoms with E-state index in [2.05, 4.69) is 19.2 Å². The van der Waals surface area contributed by atoms with Crippen molar-refractivity contribution >= 4 is 11.6 Å². The Balaban J connectivity index is 2.40. The lowest BCUT2D eigenvalue weighted by molar-refractivity contribution is -0.119. The minimum absolute atomic E-state index is 0.0647. The summed E-state index contributed by atoms with van der Waals surface area (Å²) < 4.78 is 0. The molecule has 86 valence electrons. The van der Waals surface area contributed by atoms with E-state index in [0.29, 0.717) is 12.3 Å². The van der Waals surface area contributed by atoms with Crippen molar-refractivity contribution in [2.45, 2.75) is 25.7 Å². The van der Waals surface area contributed by atoms with Crippen LogP contribution in [0.4, 0.5) is 5.69 Å². The van der Waals surface area contributed by atoms with Gasteiger partial charge in [-0.1, -0.05) is 26.0 Å². The van der Waals surface area contributed by atoms with E-state index in [-0.39, 0.29) is 11.3 Å². The average Bonchev–Trinajstić information content (AvgIpc) is 2.63. The molecule has 0 aromatic heterocycles. The molecule has 1 aliphatic rings. The minimum atomic E-state index is -0.0647. The number of carbonyl (C=O) groups excluding carboxylic acids is 1. The maximum atomic E-state index is 11.5. The second kappa shape index (κ2) is 3.81. The summed E-state index contributed by atoms with van der Waals surface area (Å²) >= 11 is 0. The molecule has 2 rings (SSSR count). The van der Waals surface area contributed by atoms with Gasteiger partial charge in [-0.05, 0) is 23.6 Å². The van der Waals surface area contributed by atoms with Crippen LogP contribution in [0.3, 0.4) is 0 Å².